The second-order valence-corrected chi connectivity index (χ2v) is 4.53. The fourth-order valence-electron chi connectivity index (χ4n) is 2.05. The molecule has 1 aromatic rings. The van der Waals surface area contributed by atoms with Crippen LogP contribution in [0, 0.1) is 6.92 Å². The van der Waals surface area contributed by atoms with E-state index in [9.17, 15) is 4.79 Å². The Morgan fingerprint density at radius 1 is 1.26 bits per heavy atom. The molecule has 5 nitrogen and oxygen atoms in total. The monoisotopic (exact) mass is 266 g/mol. The van der Waals surface area contributed by atoms with Gasteiger partial charge in [0.1, 0.15) is 0 Å². The Hall–Kier alpha value is -1.75. The molecule has 1 rings (SSSR count). The smallest absolute Gasteiger partial charge is 0.217 e. The summed E-state index contributed by atoms with van der Waals surface area (Å²) in [5.74, 6) is 1.05. The molecule has 0 aliphatic carbocycles. The molecule has 0 radical (unpaired) electrons. The first-order valence-corrected chi connectivity index (χ1v) is 6.26. The lowest BCUT2D eigenvalue weighted by Gasteiger charge is -2.17. The van der Waals surface area contributed by atoms with Gasteiger partial charge in [-0.1, -0.05) is 0 Å². The number of ether oxygens (including phenoxy) is 2. The van der Waals surface area contributed by atoms with Gasteiger partial charge in [0.25, 0.3) is 0 Å². The van der Waals surface area contributed by atoms with Crippen molar-refractivity contribution >= 4 is 5.91 Å². The van der Waals surface area contributed by atoms with Gasteiger partial charge in [0, 0.05) is 12.5 Å². The Morgan fingerprint density at radius 3 is 2.37 bits per heavy atom. The molecule has 0 saturated heterocycles. The van der Waals surface area contributed by atoms with Gasteiger partial charge in [0.15, 0.2) is 11.5 Å². The molecule has 0 aliphatic heterocycles. The van der Waals surface area contributed by atoms with Crippen molar-refractivity contribution in [1.82, 2.24) is 0 Å². The number of carbonyl (C=O) groups is 1. The zero-order valence-corrected chi connectivity index (χ0v) is 11.7. The van der Waals surface area contributed by atoms with Gasteiger partial charge in [-0.2, -0.15) is 0 Å². The molecule has 0 aliphatic rings. The predicted molar refractivity (Wildman–Crippen MR) is 74.3 cm³/mol. The van der Waals surface area contributed by atoms with Crippen LogP contribution >= 0.6 is 0 Å². The van der Waals surface area contributed by atoms with Crippen molar-refractivity contribution in [1.29, 1.82) is 0 Å². The summed E-state index contributed by atoms with van der Waals surface area (Å²) in [6, 6.07) is 3.66. The number of hydrogen-bond acceptors (Lipinski definition) is 4. The molecule has 19 heavy (non-hydrogen) atoms. The van der Waals surface area contributed by atoms with Crippen molar-refractivity contribution in [3.05, 3.63) is 23.3 Å². The third-order valence-electron chi connectivity index (χ3n) is 3.11. The van der Waals surface area contributed by atoms with Crippen LogP contribution in [0.2, 0.25) is 0 Å². The quantitative estimate of drug-likeness (QED) is 0.785. The van der Waals surface area contributed by atoms with Crippen molar-refractivity contribution in [2.45, 2.75) is 32.2 Å². The van der Waals surface area contributed by atoms with Gasteiger partial charge in [-0.15, -0.1) is 0 Å². The highest BCUT2D eigenvalue weighted by Gasteiger charge is 2.14. The highest BCUT2D eigenvalue weighted by atomic mass is 16.5. The van der Waals surface area contributed by atoms with E-state index >= 15 is 0 Å². The zero-order valence-electron chi connectivity index (χ0n) is 11.7. The molecule has 5 heteroatoms. The standard InChI is InChI=1S/C14H22N2O3/c1-9-7-12(18-2)13(19-3)8-10(9)11(15)5-4-6-14(16)17/h7-8,11H,4-6,15H2,1-3H3,(H2,16,17). The van der Waals surface area contributed by atoms with Crippen LogP contribution < -0.4 is 20.9 Å². The molecule has 0 heterocycles. The zero-order chi connectivity index (χ0) is 14.4. The van der Waals surface area contributed by atoms with Crippen molar-refractivity contribution in [2.24, 2.45) is 11.5 Å². The van der Waals surface area contributed by atoms with Gasteiger partial charge >= 0.3 is 0 Å². The van der Waals surface area contributed by atoms with Gasteiger partial charge in [0.2, 0.25) is 5.91 Å². The van der Waals surface area contributed by atoms with E-state index in [0.29, 0.717) is 30.8 Å². The molecule has 0 bridgehead atoms. The van der Waals surface area contributed by atoms with E-state index in [1.54, 1.807) is 14.2 Å². The molecule has 1 atom stereocenters. The summed E-state index contributed by atoms with van der Waals surface area (Å²) in [5.41, 5.74) is 13.3. The number of amides is 1. The average Bonchev–Trinajstić information content (AvgIpc) is 2.37. The van der Waals surface area contributed by atoms with Gasteiger partial charge in [-0.05, 0) is 43.0 Å². The summed E-state index contributed by atoms with van der Waals surface area (Å²) in [4.78, 5) is 10.7. The van der Waals surface area contributed by atoms with E-state index in [1.807, 2.05) is 19.1 Å². The maximum absolute atomic E-state index is 10.7. The lowest BCUT2D eigenvalue weighted by Crippen LogP contribution is -2.15. The second-order valence-electron chi connectivity index (χ2n) is 4.53. The van der Waals surface area contributed by atoms with E-state index in [1.165, 1.54) is 0 Å². The normalized spacial score (nSPS) is 12.0. The van der Waals surface area contributed by atoms with Crippen molar-refractivity contribution < 1.29 is 14.3 Å². The number of hydrogen-bond donors (Lipinski definition) is 2. The Bertz CT molecular complexity index is 447. The van der Waals surface area contributed by atoms with Gasteiger partial charge in [0.05, 0.1) is 14.2 Å². The average molecular weight is 266 g/mol. The summed E-state index contributed by atoms with van der Waals surface area (Å²) in [6.07, 6.45) is 1.75. The first-order valence-electron chi connectivity index (χ1n) is 6.26. The lowest BCUT2D eigenvalue weighted by atomic mass is 9.97. The van der Waals surface area contributed by atoms with Crippen LogP contribution in [0.3, 0.4) is 0 Å². The largest absolute Gasteiger partial charge is 0.493 e. The number of rotatable bonds is 7. The molecular weight excluding hydrogens is 244 g/mol. The molecule has 106 valence electrons. The third kappa shape index (κ3) is 4.13. The molecule has 1 amide bonds. The van der Waals surface area contributed by atoms with Crippen LogP contribution in [0.1, 0.15) is 36.4 Å². The molecule has 4 N–H and O–H groups in total. The summed E-state index contributed by atoms with van der Waals surface area (Å²) in [6.45, 7) is 1.98. The minimum atomic E-state index is -0.295. The predicted octanol–water partition coefficient (Wildman–Crippen LogP) is 1.67. The fourth-order valence-corrected chi connectivity index (χ4v) is 2.05. The molecule has 0 saturated carbocycles. The second kappa shape index (κ2) is 6.99. The van der Waals surface area contributed by atoms with Crippen LogP contribution in [-0.4, -0.2) is 20.1 Å². The van der Waals surface area contributed by atoms with E-state index in [4.69, 9.17) is 20.9 Å². The maximum Gasteiger partial charge on any atom is 0.217 e. The topological polar surface area (TPSA) is 87.6 Å². The highest BCUT2D eigenvalue weighted by Crippen LogP contribution is 2.33. The summed E-state index contributed by atoms with van der Waals surface area (Å²) >= 11 is 0. The minimum Gasteiger partial charge on any atom is -0.493 e. The van der Waals surface area contributed by atoms with Gasteiger partial charge < -0.3 is 20.9 Å². The number of methoxy groups -OCH3 is 2. The van der Waals surface area contributed by atoms with E-state index in [2.05, 4.69) is 0 Å². The third-order valence-corrected chi connectivity index (χ3v) is 3.11. The van der Waals surface area contributed by atoms with Crippen LogP contribution in [0.4, 0.5) is 0 Å². The van der Waals surface area contributed by atoms with Crippen LogP contribution in [-0.2, 0) is 4.79 Å². The Morgan fingerprint density at radius 2 is 1.84 bits per heavy atom. The number of carbonyl (C=O) groups excluding carboxylic acids is 1. The van der Waals surface area contributed by atoms with Crippen LogP contribution in [0.5, 0.6) is 11.5 Å². The number of aryl methyl sites for hydroxylation is 1. The van der Waals surface area contributed by atoms with Crippen LogP contribution in [0.15, 0.2) is 12.1 Å². The number of nitrogens with two attached hydrogens (primary N) is 2. The Kier molecular flexibility index (Phi) is 5.63. The first-order chi connectivity index (χ1) is 8.99. The SMILES string of the molecule is COc1cc(C)c(C(N)CCCC(N)=O)cc1OC. The molecule has 1 aromatic carbocycles. The highest BCUT2D eigenvalue weighted by molar-refractivity contribution is 5.73. The van der Waals surface area contributed by atoms with Crippen molar-refractivity contribution in [3.63, 3.8) is 0 Å². The fraction of sp³-hybridized carbons (Fsp3) is 0.500. The lowest BCUT2D eigenvalue weighted by molar-refractivity contribution is -0.118. The molecule has 1 unspecified atom stereocenters. The summed E-state index contributed by atoms with van der Waals surface area (Å²) in [7, 11) is 3.19. The van der Waals surface area contributed by atoms with Crippen molar-refractivity contribution in [2.75, 3.05) is 14.2 Å². The van der Waals surface area contributed by atoms with E-state index in [0.717, 1.165) is 11.1 Å². The Balaban J connectivity index is 2.84. The minimum absolute atomic E-state index is 0.140. The molecular formula is C14H22N2O3. The number of primary amides is 1. The molecule has 0 fully saturated rings. The van der Waals surface area contributed by atoms with Crippen molar-refractivity contribution in [3.8, 4) is 11.5 Å². The first kappa shape index (κ1) is 15.3. The number of benzene rings is 1. The summed E-state index contributed by atoms with van der Waals surface area (Å²) in [5, 5.41) is 0. The van der Waals surface area contributed by atoms with Crippen LogP contribution in [0.25, 0.3) is 0 Å². The van der Waals surface area contributed by atoms with Gasteiger partial charge in [-0.25, -0.2) is 0 Å². The summed E-state index contributed by atoms with van der Waals surface area (Å²) < 4.78 is 10.5. The maximum atomic E-state index is 10.7. The van der Waals surface area contributed by atoms with E-state index in [-0.39, 0.29) is 11.9 Å². The van der Waals surface area contributed by atoms with E-state index < -0.39 is 0 Å². The van der Waals surface area contributed by atoms with Gasteiger partial charge in [-0.3, -0.25) is 4.79 Å². The Labute approximate surface area is 113 Å². The molecule has 0 spiro atoms. The molecule has 0 aromatic heterocycles.